The van der Waals surface area contributed by atoms with Crippen LogP contribution in [0.2, 0.25) is 0 Å². The SMILES string of the molecule is Cc1ccc(C(=O)COC(=O)c2cc(-c3ccc(N4C(=O)C5CCC(C)CC5C4=O)cc3)nc3ccc(Br)cc23)cc1C. The van der Waals surface area contributed by atoms with E-state index in [9.17, 15) is 19.2 Å². The van der Waals surface area contributed by atoms with Crippen LogP contribution in [0.1, 0.15) is 58.0 Å². The molecule has 1 aliphatic carbocycles. The third-order valence-electron chi connectivity index (χ3n) is 8.76. The van der Waals surface area contributed by atoms with Crippen molar-refractivity contribution in [3.8, 4) is 11.3 Å². The number of amides is 2. The van der Waals surface area contributed by atoms with E-state index < -0.39 is 5.97 Å². The molecule has 218 valence electrons. The molecule has 4 aromatic rings. The fraction of sp³-hybridized carbons (Fsp3) is 0.286. The van der Waals surface area contributed by atoms with Crippen molar-refractivity contribution >= 4 is 56.1 Å². The van der Waals surface area contributed by atoms with Gasteiger partial charge in [-0.1, -0.05) is 47.1 Å². The maximum absolute atomic E-state index is 13.4. The molecule has 2 fully saturated rings. The minimum absolute atomic E-state index is 0.121. The fourth-order valence-corrected chi connectivity index (χ4v) is 6.51. The summed E-state index contributed by atoms with van der Waals surface area (Å²) in [4.78, 5) is 58.6. The van der Waals surface area contributed by atoms with Crippen LogP contribution in [0.15, 0.2) is 71.2 Å². The highest BCUT2D eigenvalue weighted by molar-refractivity contribution is 9.10. The second-order valence-electron chi connectivity index (χ2n) is 11.7. The lowest BCUT2D eigenvalue weighted by Gasteiger charge is -2.25. The number of esters is 1. The van der Waals surface area contributed by atoms with Crippen molar-refractivity contribution in [3.63, 3.8) is 0 Å². The van der Waals surface area contributed by atoms with E-state index in [2.05, 4.69) is 22.9 Å². The highest BCUT2D eigenvalue weighted by Crippen LogP contribution is 2.42. The fourth-order valence-electron chi connectivity index (χ4n) is 6.15. The average Bonchev–Trinajstić information content (AvgIpc) is 3.25. The Morgan fingerprint density at radius 2 is 1.65 bits per heavy atom. The van der Waals surface area contributed by atoms with Crippen LogP contribution >= 0.6 is 15.9 Å². The lowest BCUT2D eigenvalue weighted by Crippen LogP contribution is -2.30. The van der Waals surface area contributed by atoms with Crippen molar-refractivity contribution in [1.29, 1.82) is 0 Å². The van der Waals surface area contributed by atoms with Gasteiger partial charge < -0.3 is 4.74 Å². The normalized spacial score (nSPS) is 19.9. The van der Waals surface area contributed by atoms with Crippen LogP contribution in [-0.4, -0.2) is 35.2 Å². The van der Waals surface area contributed by atoms with Gasteiger partial charge in [0.25, 0.3) is 0 Å². The number of hydrogen-bond acceptors (Lipinski definition) is 6. The van der Waals surface area contributed by atoms with E-state index in [4.69, 9.17) is 9.72 Å². The van der Waals surface area contributed by atoms with Crippen molar-refractivity contribution in [3.05, 3.63) is 93.5 Å². The number of rotatable bonds is 6. The molecule has 0 radical (unpaired) electrons. The van der Waals surface area contributed by atoms with E-state index in [1.165, 1.54) is 4.90 Å². The van der Waals surface area contributed by atoms with Crippen LogP contribution < -0.4 is 4.90 Å². The van der Waals surface area contributed by atoms with E-state index in [0.29, 0.717) is 39.3 Å². The van der Waals surface area contributed by atoms with Crippen molar-refractivity contribution in [2.75, 3.05) is 11.5 Å². The molecule has 2 aliphatic rings. The summed E-state index contributed by atoms with van der Waals surface area (Å²) >= 11 is 3.47. The summed E-state index contributed by atoms with van der Waals surface area (Å²) in [5.41, 5.74) is 5.19. The summed E-state index contributed by atoms with van der Waals surface area (Å²) in [5, 5.41) is 0.587. The number of carbonyl (C=O) groups is 4. The van der Waals surface area contributed by atoms with Crippen LogP contribution in [0.3, 0.4) is 0 Å². The molecule has 2 amide bonds. The van der Waals surface area contributed by atoms with E-state index in [1.54, 1.807) is 54.6 Å². The van der Waals surface area contributed by atoms with Crippen molar-refractivity contribution in [2.45, 2.75) is 40.0 Å². The number of anilines is 1. The molecule has 0 spiro atoms. The Morgan fingerprint density at radius 3 is 2.40 bits per heavy atom. The zero-order valence-corrected chi connectivity index (χ0v) is 25.8. The molecule has 1 aromatic heterocycles. The zero-order chi connectivity index (χ0) is 30.4. The van der Waals surface area contributed by atoms with Gasteiger partial charge in [-0.25, -0.2) is 9.78 Å². The van der Waals surface area contributed by atoms with E-state index in [-0.39, 0.29) is 41.6 Å². The highest BCUT2D eigenvalue weighted by atomic mass is 79.9. The van der Waals surface area contributed by atoms with Crippen LogP contribution in [0.4, 0.5) is 5.69 Å². The average molecular weight is 640 g/mol. The number of benzene rings is 3. The number of nitrogens with zero attached hydrogens (tertiary/aromatic N) is 2. The van der Waals surface area contributed by atoms with Crippen LogP contribution in [0, 0.1) is 31.6 Å². The second-order valence-corrected chi connectivity index (χ2v) is 12.6. The molecular weight excluding hydrogens is 608 g/mol. The Labute approximate surface area is 258 Å². The molecule has 6 rings (SSSR count). The van der Waals surface area contributed by atoms with Crippen molar-refractivity contribution in [1.82, 2.24) is 4.98 Å². The van der Waals surface area contributed by atoms with E-state index in [1.807, 2.05) is 26.0 Å². The molecule has 3 unspecified atom stereocenters. The number of carbonyl (C=O) groups excluding carboxylic acids is 4. The molecule has 0 bridgehead atoms. The molecular formula is C35H31BrN2O5. The third-order valence-corrected chi connectivity index (χ3v) is 9.26. The van der Waals surface area contributed by atoms with Gasteiger partial charge in [-0.3, -0.25) is 19.3 Å². The number of pyridine rings is 1. The topological polar surface area (TPSA) is 93.6 Å². The van der Waals surface area contributed by atoms with Gasteiger partial charge in [0.15, 0.2) is 12.4 Å². The van der Waals surface area contributed by atoms with Gasteiger partial charge in [0.05, 0.1) is 34.3 Å². The lowest BCUT2D eigenvalue weighted by molar-refractivity contribution is -0.122. The first-order chi connectivity index (χ1) is 20.6. The number of halogens is 1. The minimum atomic E-state index is -0.634. The molecule has 43 heavy (non-hydrogen) atoms. The van der Waals surface area contributed by atoms with Crippen LogP contribution in [-0.2, 0) is 14.3 Å². The number of hydrogen-bond donors (Lipinski definition) is 0. The number of aryl methyl sites for hydroxylation is 2. The maximum atomic E-state index is 13.4. The number of imide groups is 1. The summed E-state index contributed by atoms with van der Waals surface area (Å²) in [7, 11) is 0. The Hall–Kier alpha value is -4.17. The van der Waals surface area contributed by atoms with Gasteiger partial charge in [-0.15, -0.1) is 0 Å². The molecule has 1 saturated carbocycles. The predicted octanol–water partition coefficient (Wildman–Crippen LogP) is 7.25. The predicted molar refractivity (Wildman–Crippen MR) is 168 cm³/mol. The Morgan fingerprint density at radius 1 is 0.907 bits per heavy atom. The first kappa shape index (κ1) is 28.9. The molecule has 2 heterocycles. The molecule has 0 N–H and O–H groups in total. The molecule has 1 aliphatic heterocycles. The van der Waals surface area contributed by atoms with Crippen molar-refractivity contribution in [2.24, 2.45) is 17.8 Å². The summed E-state index contributed by atoms with van der Waals surface area (Å²) < 4.78 is 6.28. The smallest absolute Gasteiger partial charge is 0.339 e. The number of ketones is 1. The lowest BCUT2D eigenvalue weighted by atomic mass is 9.76. The summed E-state index contributed by atoms with van der Waals surface area (Å²) in [6, 6.07) is 19.6. The minimum Gasteiger partial charge on any atom is -0.454 e. The van der Waals surface area contributed by atoms with Crippen LogP contribution in [0.5, 0.6) is 0 Å². The molecule has 8 heteroatoms. The van der Waals surface area contributed by atoms with Crippen molar-refractivity contribution < 1.29 is 23.9 Å². The zero-order valence-electron chi connectivity index (χ0n) is 24.2. The van der Waals surface area contributed by atoms with Gasteiger partial charge in [-0.2, -0.15) is 0 Å². The number of aromatic nitrogens is 1. The number of fused-ring (bicyclic) bond motifs is 2. The Kier molecular flexibility index (Phi) is 7.73. The van der Waals surface area contributed by atoms with Gasteiger partial charge in [0.1, 0.15) is 0 Å². The van der Waals surface area contributed by atoms with Gasteiger partial charge in [0.2, 0.25) is 11.8 Å². The maximum Gasteiger partial charge on any atom is 0.339 e. The monoisotopic (exact) mass is 638 g/mol. The summed E-state index contributed by atoms with van der Waals surface area (Å²) in [5.74, 6) is -1.20. The molecule has 1 saturated heterocycles. The summed E-state index contributed by atoms with van der Waals surface area (Å²) in [6.45, 7) is 5.65. The van der Waals surface area contributed by atoms with E-state index >= 15 is 0 Å². The number of ether oxygens (including phenoxy) is 1. The van der Waals surface area contributed by atoms with Crippen LogP contribution in [0.25, 0.3) is 22.2 Å². The molecule has 7 nitrogen and oxygen atoms in total. The molecule has 3 aromatic carbocycles. The largest absolute Gasteiger partial charge is 0.454 e. The second kappa shape index (κ2) is 11.5. The van der Waals surface area contributed by atoms with Gasteiger partial charge in [-0.05, 0) is 92.6 Å². The standard InChI is InChI=1S/C35H31BrN2O5/c1-19-4-12-26-28(14-19)34(41)38(33(26)40)25-10-7-22(8-11-25)31-17-29(27-16-24(36)9-13-30(27)37-31)35(42)43-18-32(39)23-6-5-20(2)21(3)15-23/h5-11,13,15-17,19,26,28H,4,12,14,18H2,1-3H3. The molecule has 3 atom stereocenters. The van der Waals surface area contributed by atoms with Gasteiger partial charge >= 0.3 is 5.97 Å². The number of Topliss-reactive ketones (excluding diaryl/α,β-unsaturated/α-hetero) is 1. The quantitative estimate of drug-likeness (QED) is 0.125. The third kappa shape index (κ3) is 5.52. The Bertz CT molecular complexity index is 1800. The Balaban J connectivity index is 1.27. The summed E-state index contributed by atoms with van der Waals surface area (Å²) in [6.07, 6.45) is 2.45. The van der Waals surface area contributed by atoms with E-state index in [0.717, 1.165) is 34.9 Å². The highest BCUT2D eigenvalue weighted by Gasteiger charge is 2.49. The first-order valence-electron chi connectivity index (χ1n) is 14.5. The van der Waals surface area contributed by atoms with Gasteiger partial charge in [0, 0.05) is 21.0 Å². The first-order valence-corrected chi connectivity index (χ1v) is 15.3.